The highest BCUT2D eigenvalue weighted by molar-refractivity contribution is 5.69. The van der Waals surface area contributed by atoms with Crippen molar-refractivity contribution in [1.29, 1.82) is 0 Å². The van der Waals surface area contributed by atoms with Crippen molar-refractivity contribution < 1.29 is 4.39 Å². The number of benzene rings is 1. The maximum absolute atomic E-state index is 13.0. The molecule has 1 aliphatic carbocycles. The van der Waals surface area contributed by atoms with E-state index in [0.29, 0.717) is 0 Å². The van der Waals surface area contributed by atoms with Crippen molar-refractivity contribution in [3.63, 3.8) is 0 Å². The molecule has 0 nitrogen and oxygen atoms in total. The first kappa shape index (κ1) is 6.59. The van der Waals surface area contributed by atoms with Gasteiger partial charge in [-0.15, -0.1) is 0 Å². The molecular formula is C10H9F. The molecule has 0 saturated heterocycles. The van der Waals surface area contributed by atoms with Crippen molar-refractivity contribution in [1.82, 2.24) is 0 Å². The summed E-state index contributed by atoms with van der Waals surface area (Å²) >= 11 is 0. The zero-order chi connectivity index (χ0) is 7.84. The number of rotatable bonds is 0. The average molecular weight is 148 g/mol. The van der Waals surface area contributed by atoms with Crippen molar-refractivity contribution in [2.24, 2.45) is 0 Å². The van der Waals surface area contributed by atoms with Crippen LogP contribution in [0.2, 0.25) is 0 Å². The van der Waals surface area contributed by atoms with Crippen LogP contribution in [0.15, 0.2) is 30.3 Å². The molecule has 0 aliphatic heterocycles. The Hall–Kier alpha value is -1.11. The maximum Gasteiger partial charge on any atom is 0.127 e. The monoisotopic (exact) mass is 148 g/mol. The predicted octanol–water partition coefficient (Wildman–Crippen LogP) is 3.11. The minimum Gasteiger partial charge on any atom is -0.207 e. The van der Waals surface area contributed by atoms with Crippen LogP contribution in [0.1, 0.15) is 24.0 Å². The van der Waals surface area contributed by atoms with E-state index < -0.39 is 0 Å². The third-order valence-corrected chi connectivity index (χ3v) is 2.10. The van der Waals surface area contributed by atoms with Gasteiger partial charge in [0.05, 0.1) is 0 Å². The largest absolute Gasteiger partial charge is 0.207 e. The van der Waals surface area contributed by atoms with Crippen LogP contribution in [0.3, 0.4) is 0 Å². The van der Waals surface area contributed by atoms with Crippen molar-refractivity contribution in [3.05, 3.63) is 41.5 Å². The quantitative estimate of drug-likeness (QED) is 0.530. The van der Waals surface area contributed by atoms with Crippen LogP contribution in [0.5, 0.6) is 0 Å². The third kappa shape index (κ3) is 0.881. The van der Waals surface area contributed by atoms with Crippen LogP contribution < -0.4 is 0 Å². The number of hydrogen-bond donors (Lipinski definition) is 0. The Labute approximate surface area is 65.4 Å². The topological polar surface area (TPSA) is 0 Å². The van der Waals surface area contributed by atoms with E-state index in [2.05, 4.69) is 0 Å². The summed E-state index contributed by atoms with van der Waals surface area (Å²) < 4.78 is 13.0. The lowest BCUT2D eigenvalue weighted by Gasteiger charge is -2.01. The Morgan fingerprint density at radius 1 is 1.27 bits per heavy atom. The fourth-order valence-corrected chi connectivity index (χ4v) is 1.51. The van der Waals surface area contributed by atoms with Gasteiger partial charge in [0.2, 0.25) is 0 Å². The molecule has 11 heavy (non-hydrogen) atoms. The fourth-order valence-electron chi connectivity index (χ4n) is 1.51. The molecule has 0 aromatic heterocycles. The van der Waals surface area contributed by atoms with Gasteiger partial charge in [0.1, 0.15) is 5.83 Å². The van der Waals surface area contributed by atoms with Crippen LogP contribution >= 0.6 is 0 Å². The Morgan fingerprint density at radius 3 is 2.73 bits per heavy atom. The molecule has 0 radical (unpaired) electrons. The SMILES string of the molecule is CC1C=C(F)c2ccccc21. The molecule has 0 bridgehead atoms. The molecule has 0 fully saturated rings. The van der Waals surface area contributed by atoms with Gasteiger partial charge in [0, 0.05) is 11.5 Å². The molecule has 1 aliphatic rings. The first-order chi connectivity index (χ1) is 5.29. The fraction of sp³-hybridized carbons (Fsp3) is 0.200. The molecular weight excluding hydrogens is 139 g/mol. The first-order valence-electron chi connectivity index (χ1n) is 3.75. The smallest absolute Gasteiger partial charge is 0.127 e. The van der Waals surface area contributed by atoms with E-state index in [1.165, 1.54) is 0 Å². The van der Waals surface area contributed by atoms with Gasteiger partial charge >= 0.3 is 0 Å². The summed E-state index contributed by atoms with van der Waals surface area (Å²) in [5.74, 6) is 0.166. The standard InChI is InChI=1S/C10H9F/c1-7-6-10(11)9-5-3-2-4-8(7)9/h2-7H,1H3. The molecule has 56 valence electrons. The van der Waals surface area contributed by atoms with E-state index in [4.69, 9.17) is 0 Å². The van der Waals surface area contributed by atoms with Gasteiger partial charge in [-0.1, -0.05) is 31.2 Å². The van der Waals surface area contributed by atoms with Crippen LogP contribution in [0, 0.1) is 0 Å². The highest BCUT2D eigenvalue weighted by Crippen LogP contribution is 2.35. The summed E-state index contributed by atoms with van der Waals surface area (Å²) in [6, 6.07) is 7.61. The molecule has 1 unspecified atom stereocenters. The molecule has 0 heterocycles. The van der Waals surface area contributed by atoms with Crippen LogP contribution in [0.25, 0.3) is 5.83 Å². The highest BCUT2D eigenvalue weighted by atomic mass is 19.1. The van der Waals surface area contributed by atoms with Crippen LogP contribution in [-0.4, -0.2) is 0 Å². The molecule has 2 rings (SSSR count). The summed E-state index contributed by atoms with van der Waals surface area (Å²) in [7, 11) is 0. The molecule has 1 aromatic carbocycles. The molecule has 1 heteroatoms. The molecule has 0 spiro atoms. The zero-order valence-electron chi connectivity index (χ0n) is 6.34. The first-order valence-corrected chi connectivity index (χ1v) is 3.75. The summed E-state index contributed by atoms with van der Waals surface area (Å²) in [6.45, 7) is 2.01. The summed E-state index contributed by atoms with van der Waals surface area (Å²) in [4.78, 5) is 0. The number of allylic oxidation sites excluding steroid dienone is 1. The van der Waals surface area contributed by atoms with E-state index in [0.717, 1.165) is 11.1 Å². The normalized spacial score (nSPS) is 21.3. The van der Waals surface area contributed by atoms with Gasteiger partial charge in [-0.05, 0) is 11.6 Å². The van der Waals surface area contributed by atoms with Crippen molar-refractivity contribution in [2.45, 2.75) is 12.8 Å². The number of halogens is 1. The molecule has 0 N–H and O–H groups in total. The number of fused-ring (bicyclic) bond motifs is 1. The van der Waals surface area contributed by atoms with Gasteiger partial charge in [-0.25, -0.2) is 4.39 Å². The zero-order valence-corrected chi connectivity index (χ0v) is 6.34. The van der Waals surface area contributed by atoms with Crippen molar-refractivity contribution in [2.75, 3.05) is 0 Å². The summed E-state index contributed by atoms with van der Waals surface area (Å²) in [5.41, 5.74) is 1.87. The second-order valence-electron chi connectivity index (χ2n) is 2.89. The van der Waals surface area contributed by atoms with E-state index in [9.17, 15) is 4.39 Å². The Bertz CT molecular complexity index is 312. The second kappa shape index (κ2) is 2.19. The Balaban J connectivity index is 2.62. The van der Waals surface area contributed by atoms with Gasteiger partial charge in [-0.3, -0.25) is 0 Å². The predicted molar refractivity (Wildman–Crippen MR) is 43.9 cm³/mol. The minimum atomic E-state index is -0.0758. The van der Waals surface area contributed by atoms with Crippen molar-refractivity contribution >= 4 is 5.83 Å². The summed E-state index contributed by atoms with van der Waals surface area (Å²) in [6.07, 6.45) is 1.66. The Morgan fingerprint density at radius 2 is 2.00 bits per heavy atom. The lowest BCUT2D eigenvalue weighted by molar-refractivity contribution is 0.761. The molecule has 0 saturated carbocycles. The lowest BCUT2D eigenvalue weighted by atomic mass is 10.0. The molecule has 0 amide bonds. The van der Waals surface area contributed by atoms with E-state index in [1.807, 2.05) is 31.2 Å². The Kier molecular flexibility index (Phi) is 1.31. The highest BCUT2D eigenvalue weighted by Gasteiger charge is 2.18. The maximum atomic E-state index is 13.0. The van der Waals surface area contributed by atoms with Gasteiger partial charge in [-0.2, -0.15) is 0 Å². The lowest BCUT2D eigenvalue weighted by Crippen LogP contribution is -1.84. The van der Waals surface area contributed by atoms with Crippen molar-refractivity contribution in [3.8, 4) is 0 Å². The second-order valence-corrected chi connectivity index (χ2v) is 2.89. The van der Waals surface area contributed by atoms with E-state index in [-0.39, 0.29) is 11.7 Å². The minimum absolute atomic E-state index is 0.0758. The van der Waals surface area contributed by atoms with Gasteiger partial charge in [0.25, 0.3) is 0 Å². The van der Waals surface area contributed by atoms with E-state index in [1.54, 1.807) is 6.08 Å². The number of hydrogen-bond acceptors (Lipinski definition) is 0. The van der Waals surface area contributed by atoms with Gasteiger partial charge < -0.3 is 0 Å². The average Bonchev–Trinajstić information content (AvgIpc) is 2.30. The summed E-state index contributed by atoms with van der Waals surface area (Å²) in [5, 5.41) is 0. The molecule has 1 aromatic rings. The van der Waals surface area contributed by atoms with Crippen LogP contribution in [0.4, 0.5) is 4.39 Å². The molecule has 1 atom stereocenters. The van der Waals surface area contributed by atoms with E-state index >= 15 is 0 Å². The third-order valence-electron chi connectivity index (χ3n) is 2.10. The van der Waals surface area contributed by atoms with Crippen LogP contribution in [-0.2, 0) is 0 Å². The van der Waals surface area contributed by atoms with Gasteiger partial charge in [0.15, 0.2) is 0 Å².